The fraction of sp³-hybridized carbons (Fsp3) is 0.348. The number of benzene rings is 2. The van der Waals surface area contributed by atoms with Crippen molar-refractivity contribution in [1.82, 2.24) is 0 Å². The summed E-state index contributed by atoms with van der Waals surface area (Å²) in [6, 6.07) is 10.9. The molecule has 2 aromatic rings. The van der Waals surface area contributed by atoms with Crippen LogP contribution in [0.15, 0.2) is 42.5 Å². The minimum absolute atomic E-state index is 0.0176. The maximum Gasteiger partial charge on any atom is 0.185 e. The lowest BCUT2D eigenvalue weighted by Crippen LogP contribution is -2.10. The number of ether oxygens (including phenoxy) is 3. The van der Waals surface area contributed by atoms with Crippen molar-refractivity contribution in [3.05, 3.63) is 59.2 Å². The van der Waals surface area contributed by atoms with E-state index in [0.29, 0.717) is 11.3 Å². The average Bonchev–Trinajstić information content (AvgIpc) is 2.62. The van der Waals surface area contributed by atoms with Crippen molar-refractivity contribution in [2.24, 2.45) is 0 Å². The summed E-state index contributed by atoms with van der Waals surface area (Å²) < 4.78 is 16.9. The number of aryl methyl sites for hydroxylation is 1. The fourth-order valence-corrected chi connectivity index (χ4v) is 2.58. The normalized spacial score (nSPS) is 11.3. The molecule has 0 aliphatic rings. The molecule has 0 unspecified atom stereocenters. The second-order valence-corrected chi connectivity index (χ2v) is 6.91. The molecule has 4 nitrogen and oxygen atoms in total. The largest absolute Gasteiger partial charge is 0.497 e. The van der Waals surface area contributed by atoms with Crippen molar-refractivity contribution in [3.63, 3.8) is 0 Å². The first kappa shape index (κ1) is 20.6. The third-order valence-electron chi connectivity index (χ3n) is 3.82. The fourth-order valence-electron chi connectivity index (χ4n) is 2.58. The summed E-state index contributed by atoms with van der Waals surface area (Å²) in [5, 5.41) is 0. The van der Waals surface area contributed by atoms with Gasteiger partial charge in [0.05, 0.1) is 19.3 Å². The van der Waals surface area contributed by atoms with Crippen molar-refractivity contribution in [2.45, 2.75) is 46.8 Å². The first-order valence-corrected chi connectivity index (χ1v) is 9.14. The molecular weight excluding hydrogens is 340 g/mol. The van der Waals surface area contributed by atoms with Gasteiger partial charge in [0.2, 0.25) is 0 Å². The van der Waals surface area contributed by atoms with Gasteiger partial charge >= 0.3 is 0 Å². The lowest BCUT2D eigenvalue weighted by molar-refractivity contribution is 0.104. The van der Waals surface area contributed by atoms with E-state index in [1.807, 2.05) is 46.8 Å². The molecule has 0 N–H and O–H groups in total. The van der Waals surface area contributed by atoms with Crippen molar-refractivity contribution in [1.29, 1.82) is 0 Å². The predicted molar refractivity (Wildman–Crippen MR) is 109 cm³/mol. The Balaban J connectivity index is 2.30. The minimum Gasteiger partial charge on any atom is -0.497 e. The molecule has 2 rings (SSSR count). The number of allylic oxidation sites excluding steroid dienone is 1. The SMILES string of the molecule is COc1ccc(C(=O)C=Cc2cc(C)c(OC(C)C)cc2OC(C)C)cc1. The van der Waals surface area contributed by atoms with Crippen molar-refractivity contribution < 1.29 is 19.0 Å². The molecule has 0 heterocycles. The van der Waals surface area contributed by atoms with Crippen LogP contribution in [0.3, 0.4) is 0 Å². The molecule has 0 amide bonds. The van der Waals surface area contributed by atoms with E-state index < -0.39 is 0 Å². The highest BCUT2D eigenvalue weighted by molar-refractivity contribution is 6.07. The van der Waals surface area contributed by atoms with E-state index in [9.17, 15) is 4.79 Å². The summed E-state index contributed by atoms with van der Waals surface area (Å²) in [4.78, 5) is 12.5. The van der Waals surface area contributed by atoms with Gasteiger partial charge in [-0.05, 0) is 82.7 Å². The molecule has 0 atom stereocenters. The Morgan fingerprint density at radius 1 is 0.926 bits per heavy atom. The standard InChI is InChI=1S/C23H28O4/c1-15(2)26-22-14-23(27-16(3)4)19(13-17(22)5)9-12-21(24)18-7-10-20(25-6)11-8-18/h7-16H,1-6H3. The number of carbonyl (C=O) groups excluding carboxylic acids is 1. The highest BCUT2D eigenvalue weighted by Crippen LogP contribution is 2.31. The molecule has 0 aliphatic heterocycles. The predicted octanol–water partition coefficient (Wildman–Crippen LogP) is 5.47. The summed E-state index contributed by atoms with van der Waals surface area (Å²) in [7, 11) is 1.60. The van der Waals surface area contributed by atoms with Crippen molar-refractivity contribution in [2.75, 3.05) is 7.11 Å². The van der Waals surface area contributed by atoms with Crippen LogP contribution >= 0.6 is 0 Å². The number of hydrogen-bond acceptors (Lipinski definition) is 4. The Hall–Kier alpha value is -2.75. The third-order valence-corrected chi connectivity index (χ3v) is 3.82. The van der Waals surface area contributed by atoms with Crippen molar-refractivity contribution in [3.8, 4) is 17.2 Å². The van der Waals surface area contributed by atoms with Gasteiger partial charge in [0.25, 0.3) is 0 Å². The molecule has 2 aromatic carbocycles. The van der Waals surface area contributed by atoms with Crippen LogP contribution in [0.25, 0.3) is 6.08 Å². The highest BCUT2D eigenvalue weighted by atomic mass is 16.5. The Morgan fingerprint density at radius 3 is 2.07 bits per heavy atom. The number of methoxy groups -OCH3 is 1. The molecule has 4 heteroatoms. The second kappa shape index (κ2) is 9.26. The molecule has 27 heavy (non-hydrogen) atoms. The molecule has 0 spiro atoms. The summed E-state index contributed by atoms with van der Waals surface area (Å²) in [5.41, 5.74) is 2.45. The van der Waals surface area contributed by atoms with Crippen molar-refractivity contribution >= 4 is 11.9 Å². The zero-order valence-electron chi connectivity index (χ0n) is 16.9. The molecule has 0 aliphatic carbocycles. The van der Waals surface area contributed by atoms with E-state index in [1.54, 1.807) is 43.5 Å². The number of carbonyl (C=O) groups is 1. The van der Waals surface area contributed by atoms with Crippen LogP contribution in [-0.4, -0.2) is 25.1 Å². The van der Waals surface area contributed by atoms with Crippen LogP contribution in [0.5, 0.6) is 17.2 Å². The molecule has 0 saturated heterocycles. The topological polar surface area (TPSA) is 44.8 Å². The summed E-state index contributed by atoms with van der Waals surface area (Å²) >= 11 is 0. The Bertz CT molecular complexity index is 802. The van der Waals surface area contributed by atoms with E-state index in [0.717, 1.165) is 22.6 Å². The van der Waals surface area contributed by atoms with Crippen LogP contribution < -0.4 is 14.2 Å². The van der Waals surface area contributed by atoms with Gasteiger partial charge in [-0.15, -0.1) is 0 Å². The van der Waals surface area contributed by atoms with Crippen LogP contribution in [0.2, 0.25) is 0 Å². The first-order valence-electron chi connectivity index (χ1n) is 9.14. The van der Waals surface area contributed by atoms with Crippen LogP contribution in [0.4, 0.5) is 0 Å². The van der Waals surface area contributed by atoms with Crippen LogP contribution in [-0.2, 0) is 0 Å². The number of hydrogen-bond donors (Lipinski definition) is 0. The quantitative estimate of drug-likeness (QED) is 0.457. The van der Waals surface area contributed by atoms with E-state index >= 15 is 0 Å². The van der Waals surface area contributed by atoms with E-state index in [4.69, 9.17) is 14.2 Å². The van der Waals surface area contributed by atoms with Crippen LogP contribution in [0.1, 0.15) is 49.2 Å². The lowest BCUT2D eigenvalue weighted by atomic mass is 10.1. The second-order valence-electron chi connectivity index (χ2n) is 6.91. The van der Waals surface area contributed by atoms with E-state index in [2.05, 4.69) is 0 Å². The molecule has 0 radical (unpaired) electrons. The molecule has 0 bridgehead atoms. The number of ketones is 1. The Morgan fingerprint density at radius 2 is 1.52 bits per heavy atom. The monoisotopic (exact) mass is 368 g/mol. The smallest absolute Gasteiger partial charge is 0.185 e. The van der Waals surface area contributed by atoms with E-state index in [1.165, 1.54) is 0 Å². The zero-order valence-corrected chi connectivity index (χ0v) is 16.9. The van der Waals surface area contributed by atoms with Gasteiger partial charge in [0.1, 0.15) is 17.2 Å². The van der Waals surface area contributed by atoms with Gasteiger partial charge in [-0.2, -0.15) is 0 Å². The molecule has 144 valence electrons. The van der Waals surface area contributed by atoms with Gasteiger partial charge in [0.15, 0.2) is 5.78 Å². The van der Waals surface area contributed by atoms with Gasteiger partial charge in [-0.3, -0.25) is 4.79 Å². The lowest BCUT2D eigenvalue weighted by Gasteiger charge is -2.18. The van der Waals surface area contributed by atoms with Gasteiger partial charge < -0.3 is 14.2 Å². The highest BCUT2D eigenvalue weighted by Gasteiger charge is 2.11. The Kier molecular flexibility index (Phi) is 7.05. The molecular formula is C23H28O4. The first-order chi connectivity index (χ1) is 12.8. The summed E-state index contributed by atoms with van der Waals surface area (Å²) in [5.74, 6) is 2.14. The number of rotatable bonds is 8. The molecule has 0 saturated carbocycles. The average molecular weight is 368 g/mol. The maximum atomic E-state index is 12.5. The Labute approximate surface area is 161 Å². The van der Waals surface area contributed by atoms with Crippen LogP contribution in [0, 0.1) is 6.92 Å². The van der Waals surface area contributed by atoms with Gasteiger partial charge in [-0.1, -0.05) is 0 Å². The maximum absolute atomic E-state index is 12.5. The summed E-state index contributed by atoms with van der Waals surface area (Å²) in [6.45, 7) is 9.91. The summed E-state index contributed by atoms with van der Waals surface area (Å²) in [6.07, 6.45) is 3.45. The minimum atomic E-state index is -0.0756. The molecule has 0 aromatic heterocycles. The van der Waals surface area contributed by atoms with E-state index in [-0.39, 0.29) is 18.0 Å². The van der Waals surface area contributed by atoms with Gasteiger partial charge in [-0.25, -0.2) is 0 Å². The zero-order chi connectivity index (χ0) is 20.0. The van der Waals surface area contributed by atoms with Gasteiger partial charge in [0, 0.05) is 17.2 Å². The third kappa shape index (κ3) is 5.88. The molecule has 0 fully saturated rings.